The number of pyridine rings is 1. The molecule has 0 aliphatic rings. The molecule has 2 nitrogen and oxygen atoms in total. The summed E-state index contributed by atoms with van der Waals surface area (Å²) in [6.45, 7) is 0.414. The predicted molar refractivity (Wildman–Crippen MR) is 55.7 cm³/mol. The lowest BCUT2D eigenvalue weighted by atomic mass is 10.3. The average molecular weight is 261 g/mol. The lowest BCUT2D eigenvalue weighted by Gasteiger charge is -1.93. The van der Waals surface area contributed by atoms with Gasteiger partial charge in [0, 0.05) is 12.7 Å². The van der Waals surface area contributed by atoms with Gasteiger partial charge in [0.05, 0.1) is 0 Å². The number of ether oxygens (including phenoxy) is 1. The normalized spacial score (nSPS) is 9.15. The third-order valence-corrected chi connectivity index (χ3v) is 1.81. The van der Waals surface area contributed by atoms with E-state index >= 15 is 0 Å². The lowest BCUT2D eigenvalue weighted by molar-refractivity contribution is 0.240. The standard InChI is InChI=1S/C9H7BrClNO/c1-13-4-2-3-7-5-8(10)12-9(11)6-7/h5-6H,4H2,1H3. The second kappa shape index (κ2) is 5.23. The topological polar surface area (TPSA) is 22.1 Å². The van der Waals surface area contributed by atoms with E-state index in [0.29, 0.717) is 16.4 Å². The maximum atomic E-state index is 5.72. The van der Waals surface area contributed by atoms with E-state index in [0.717, 1.165) is 5.56 Å². The molecule has 0 bridgehead atoms. The zero-order valence-corrected chi connectivity index (χ0v) is 9.32. The molecule has 0 amide bonds. The number of rotatable bonds is 1. The van der Waals surface area contributed by atoms with E-state index in [4.69, 9.17) is 16.3 Å². The van der Waals surface area contributed by atoms with Gasteiger partial charge in [0.1, 0.15) is 16.4 Å². The van der Waals surface area contributed by atoms with Crippen LogP contribution in [0.2, 0.25) is 5.15 Å². The highest BCUT2D eigenvalue weighted by Gasteiger charge is 1.95. The fraction of sp³-hybridized carbons (Fsp3) is 0.222. The van der Waals surface area contributed by atoms with Crippen LogP contribution < -0.4 is 0 Å². The van der Waals surface area contributed by atoms with Crippen molar-refractivity contribution in [1.29, 1.82) is 0 Å². The summed E-state index contributed by atoms with van der Waals surface area (Å²) in [7, 11) is 1.60. The van der Waals surface area contributed by atoms with Gasteiger partial charge in [0.2, 0.25) is 0 Å². The fourth-order valence-electron chi connectivity index (χ4n) is 0.747. The summed E-state index contributed by atoms with van der Waals surface area (Å²) >= 11 is 8.95. The van der Waals surface area contributed by atoms with E-state index in [-0.39, 0.29) is 0 Å². The monoisotopic (exact) mass is 259 g/mol. The summed E-state index contributed by atoms with van der Waals surface area (Å²) in [6.07, 6.45) is 0. The maximum absolute atomic E-state index is 5.72. The Kier molecular flexibility index (Phi) is 4.23. The van der Waals surface area contributed by atoms with Crippen molar-refractivity contribution in [2.75, 3.05) is 13.7 Å². The minimum absolute atomic E-state index is 0.414. The third kappa shape index (κ3) is 3.77. The molecule has 0 N–H and O–H groups in total. The van der Waals surface area contributed by atoms with E-state index in [2.05, 4.69) is 32.8 Å². The molecule has 1 aromatic rings. The Morgan fingerprint density at radius 2 is 2.38 bits per heavy atom. The minimum Gasteiger partial charge on any atom is -0.372 e. The number of hydrogen-bond donors (Lipinski definition) is 0. The highest BCUT2D eigenvalue weighted by atomic mass is 79.9. The molecule has 0 radical (unpaired) electrons. The molecule has 1 rings (SSSR count). The van der Waals surface area contributed by atoms with Crippen LogP contribution in [0.3, 0.4) is 0 Å². The average Bonchev–Trinajstić information content (AvgIpc) is 2.03. The second-order valence-corrected chi connectivity index (χ2v) is 3.44. The van der Waals surface area contributed by atoms with E-state index in [1.165, 1.54) is 0 Å². The summed E-state index contributed by atoms with van der Waals surface area (Å²) in [5, 5.41) is 0.427. The number of nitrogens with zero attached hydrogens (tertiary/aromatic N) is 1. The van der Waals surface area contributed by atoms with Gasteiger partial charge >= 0.3 is 0 Å². The largest absolute Gasteiger partial charge is 0.372 e. The van der Waals surface area contributed by atoms with E-state index in [1.54, 1.807) is 19.2 Å². The number of hydrogen-bond acceptors (Lipinski definition) is 2. The fourth-order valence-corrected chi connectivity index (χ4v) is 1.50. The van der Waals surface area contributed by atoms with Gasteiger partial charge in [-0.15, -0.1) is 0 Å². The zero-order valence-electron chi connectivity index (χ0n) is 6.97. The van der Waals surface area contributed by atoms with Crippen molar-refractivity contribution in [3.8, 4) is 11.8 Å². The molecule has 0 saturated carbocycles. The molecule has 1 heterocycles. The van der Waals surface area contributed by atoms with Crippen molar-refractivity contribution >= 4 is 27.5 Å². The van der Waals surface area contributed by atoms with Gasteiger partial charge in [-0.2, -0.15) is 0 Å². The molecule has 0 aliphatic heterocycles. The smallest absolute Gasteiger partial charge is 0.131 e. The quantitative estimate of drug-likeness (QED) is 0.572. The number of halogens is 2. The van der Waals surface area contributed by atoms with Crippen molar-refractivity contribution in [2.24, 2.45) is 0 Å². The third-order valence-electron chi connectivity index (χ3n) is 1.21. The van der Waals surface area contributed by atoms with Crippen LogP contribution in [0.4, 0.5) is 0 Å². The summed E-state index contributed by atoms with van der Waals surface area (Å²) in [4.78, 5) is 3.95. The van der Waals surface area contributed by atoms with Gasteiger partial charge in [0.15, 0.2) is 0 Å². The summed E-state index contributed by atoms with van der Waals surface area (Å²) in [6, 6.07) is 3.50. The minimum atomic E-state index is 0.414. The van der Waals surface area contributed by atoms with E-state index in [9.17, 15) is 0 Å². The summed E-state index contributed by atoms with van der Waals surface area (Å²) in [5.41, 5.74) is 0.823. The number of aromatic nitrogens is 1. The molecule has 0 fully saturated rings. The maximum Gasteiger partial charge on any atom is 0.131 e. The Morgan fingerprint density at radius 1 is 1.62 bits per heavy atom. The Balaban J connectivity index is 2.85. The van der Waals surface area contributed by atoms with Crippen LogP contribution in [-0.2, 0) is 4.74 Å². The predicted octanol–water partition coefficient (Wildman–Crippen LogP) is 2.50. The van der Waals surface area contributed by atoms with Crippen molar-refractivity contribution < 1.29 is 4.74 Å². The Labute approximate surface area is 90.4 Å². The Bertz CT molecular complexity index is 336. The van der Waals surface area contributed by atoms with Crippen LogP contribution in [0.25, 0.3) is 0 Å². The van der Waals surface area contributed by atoms with Gasteiger partial charge < -0.3 is 4.74 Å². The molecular weight excluding hydrogens is 253 g/mol. The van der Waals surface area contributed by atoms with Crippen molar-refractivity contribution in [2.45, 2.75) is 0 Å². The lowest BCUT2D eigenvalue weighted by Crippen LogP contribution is -1.84. The van der Waals surface area contributed by atoms with E-state index < -0.39 is 0 Å². The summed E-state index contributed by atoms with van der Waals surface area (Å²) in [5.74, 6) is 5.72. The molecule has 0 aromatic carbocycles. The first-order valence-electron chi connectivity index (χ1n) is 3.53. The van der Waals surface area contributed by atoms with Crippen LogP contribution in [0.15, 0.2) is 16.7 Å². The van der Waals surface area contributed by atoms with Crippen molar-refractivity contribution in [1.82, 2.24) is 4.98 Å². The molecule has 68 valence electrons. The van der Waals surface area contributed by atoms with Gasteiger partial charge in [-0.3, -0.25) is 0 Å². The summed E-state index contributed by atoms with van der Waals surface area (Å²) < 4.78 is 5.47. The number of methoxy groups -OCH3 is 1. The highest BCUT2D eigenvalue weighted by molar-refractivity contribution is 9.10. The molecular formula is C9H7BrClNO. The van der Waals surface area contributed by atoms with Gasteiger partial charge in [-0.05, 0) is 28.1 Å². The zero-order chi connectivity index (χ0) is 9.68. The van der Waals surface area contributed by atoms with Crippen molar-refractivity contribution in [3.05, 3.63) is 27.5 Å². The first kappa shape index (κ1) is 10.5. The SMILES string of the molecule is COCC#Cc1cc(Cl)nc(Br)c1. The van der Waals surface area contributed by atoms with Crippen LogP contribution in [-0.4, -0.2) is 18.7 Å². The van der Waals surface area contributed by atoms with Crippen LogP contribution in [0.1, 0.15) is 5.56 Å². The highest BCUT2D eigenvalue weighted by Crippen LogP contribution is 2.14. The first-order valence-corrected chi connectivity index (χ1v) is 4.70. The molecule has 1 aromatic heterocycles. The van der Waals surface area contributed by atoms with Gasteiger partial charge in [-0.1, -0.05) is 23.4 Å². The molecule has 0 saturated heterocycles. The van der Waals surface area contributed by atoms with Crippen LogP contribution in [0.5, 0.6) is 0 Å². The molecule has 0 atom stereocenters. The first-order chi connectivity index (χ1) is 6.22. The molecule has 13 heavy (non-hydrogen) atoms. The van der Waals surface area contributed by atoms with Crippen LogP contribution >= 0.6 is 27.5 Å². The van der Waals surface area contributed by atoms with Crippen molar-refractivity contribution in [3.63, 3.8) is 0 Å². The second-order valence-electron chi connectivity index (χ2n) is 2.24. The van der Waals surface area contributed by atoms with Gasteiger partial charge in [0.25, 0.3) is 0 Å². The molecule has 0 spiro atoms. The van der Waals surface area contributed by atoms with Crippen LogP contribution in [0, 0.1) is 11.8 Å². The molecule has 0 aliphatic carbocycles. The molecule has 4 heteroatoms. The Morgan fingerprint density at radius 3 is 3.00 bits per heavy atom. The Hall–Kier alpha value is -0.560. The van der Waals surface area contributed by atoms with Gasteiger partial charge in [-0.25, -0.2) is 4.98 Å². The molecule has 0 unspecified atom stereocenters. The van der Waals surface area contributed by atoms with E-state index in [1.807, 2.05) is 0 Å².